The quantitative estimate of drug-likeness (QED) is 0.199. The maximum Gasteiger partial charge on any atom is 0.317 e. The lowest BCUT2D eigenvalue weighted by molar-refractivity contribution is -0.154. The van der Waals surface area contributed by atoms with Crippen molar-refractivity contribution in [2.45, 2.75) is 96.8 Å². The lowest BCUT2D eigenvalue weighted by Gasteiger charge is -2.06. The van der Waals surface area contributed by atoms with Gasteiger partial charge in [-0.25, -0.2) is 0 Å². The normalized spacial score (nSPS) is 11.4. The Labute approximate surface area is 147 Å². The minimum atomic E-state index is -1.24. The van der Waals surface area contributed by atoms with Crippen LogP contribution in [0.25, 0.3) is 0 Å². The number of unbranched alkanes of at least 4 members (excludes halogenated alkanes) is 11. The third kappa shape index (κ3) is 14.3. The van der Waals surface area contributed by atoms with Gasteiger partial charge in [-0.3, -0.25) is 9.59 Å². The van der Waals surface area contributed by atoms with Crippen molar-refractivity contribution in [3.05, 3.63) is 12.2 Å². The Hall–Kier alpha value is -1.32. The monoisotopic (exact) mass is 340 g/mol. The summed E-state index contributed by atoms with van der Waals surface area (Å²) in [6.45, 7) is 2.23. The molecule has 0 heterocycles. The maximum absolute atomic E-state index is 10.7. The minimum Gasteiger partial charge on any atom is -0.481 e. The summed E-state index contributed by atoms with van der Waals surface area (Å²) in [5, 5.41) is 17.5. The van der Waals surface area contributed by atoms with E-state index in [1.807, 2.05) is 0 Å². The number of carboxylic acid groups (broad SMARTS) is 2. The van der Waals surface area contributed by atoms with E-state index < -0.39 is 17.9 Å². The van der Waals surface area contributed by atoms with Crippen LogP contribution < -0.4 is 0 Å². The van der Waals surface area contributed by atoms with Gasteiger partial charge in [0.2, 0.25) is 0 Å². The average Bonchev–Trinajstić information content (AvgIpc) is 2.53. The van der Waals surface area contributed by atoms with Crippen molar-refractivity contribution in [2.75, 3.05) is 0 Å². The van der Waals surface area contributed by atoms with Crippen LogP contribution in [0.4, 0.5) is 0 Å². The van der Waals surface area contributed by atoms with Crippen LogP contribution in [0.5, 0.6) is 0 Å². The predicted octanol–water partition coefficient (Wildman–Crippen LogP) is 5.81. The molecule has 4 heteroatoms. The van der Waals surface area contributed by atoms with Gasteiger partial charge in [-0.2, -0.15) is 0 Å². The van der Waals surface area contributed by atoms with E-state index in [1.165, 1.54) is 57.8 Å². The van der Waals surface area contributed by atoms with Crippen molar-refractivity contribution in [2.24, 2.45) is 5.92 Å². The molecular formula is C20H36O4. The Morgan fingerprint density at radius 1 is 0.708 bits per heavy atom. The van der Waals surface area contributed by atoms with Crippen LogP contribution in [0, 0.1) is 5.92 Å². The first-order valence-corrected chi connectivity index (χ1v) is 9.70. The molecule has 0 bridgehead atoms. The summed E-state index contributed by atoms with van der Waals surface area (Å²) in [5.74, 6) is -3.68. The molecular weight excluding hydrogens is 304 g/mol. The summed E-state index contributed by atoms with van der Waals surface area (Å²) in [5.41, 5.74) is 0. The zero-order valence-electron chi connectivity index (χ0n) is 15.3. The Balaban J connectivity index is 3.31. The Morgan fingerprint density at radius 3 is 1.58 bits per heavy atom. The van der Waals surface area contributed by atoms with Gasteiger partial charge in [0.1, 0.15) is 0 Å². The van der Waals surface area contributed by atoms with E-state index in [0.717, 1.165) is 19.3 Å². The van der Waals surface area contributed by atoms with Crippen LogP contribution in [0.15, 0.2) is 12.2 Å². The van der Waals surface area contributed by atoms with Crippen molar-refractivity contribution < 1.29 is 19.8 Å². The van der Waals surface area contributed by atoms with E-state index in [-0.39, 0.29) is 6.42 Å². The van der Waals surface area contributed by atoms with Gasteiger partial charge in [0.15, 0.2) is 5.92 Å². The molecule has 0 atom stereocenters. The number of hydrogen-bond donors (Lipinski definition) is 2. The summed E-state index contributed by atoms with van der Waals surface area (Å²) in [7, 11) is 0. The third-order valence-corrected chi connectivity index (χ3v) is 4.35. The fourth-order valence-electron chi connectivity index (χ4n) is 2.77. The molecule has 0 unspecified atom stereocenters. The lowest BCUT2D eigenvalue weighted by Crippen LogP contribution is -2.23. The molecule has 0 aliphatic heterocycles. The highest BCUT2D eigenvalue weighted by Gasteiger charge is 2.24. The SMILES string of the molecule is CCCCCC=CCCCCCCCCCCC(C(=O)O)C(=O)O. The fourth-order valence-corrected chi connectivity index (χ4v) is 2.77. The highest BCUT2D eigenvalue weighted by molar-refractivity contribution is 5.92. The van der Waals surface area contributed by atoms with Crippen LogP contribution in [0.1, 0.15) is 96.8 Å². The highest BCUT2D eigenvalue weighted by Crippen LogP contribution is 2.14. The molecule has 4 nitrogen and oxygen atoms in total. The van der Waals surface area contributed by atoms with Crippen LogP contribution in [0.3, 0.4) is 0 Å². The molecule has 0 aliphatic carbocycles. The smallest absolute Gasteiger partial charge is 0.317 e. The van der Waals surface area contributed by atoms with Gasteiger partial charge < -0.3 is 10.2 Å². The van der Waals surface area contributed by atoms with Gasteiger partial charge in [0.25, 0.3) is 0 Å². The number of carbonyl (C=O) groups is 2. The Morgan fingerprint density at radius 2 is 1.12 bits per heavy atom. The van der Waals surface area contributed by atoms with Crippen molar-refractivity contribution in [1.29, 1.82) is 0 Å². The van der Waals surface area contributed by atoms with Gasteiger partial charge in [-0.15, -0.1) is 0 Å². The van der Waals surface area contributed by atoms with Gasteiger partial charge >= 0.3 is 11.9 Å². The average molecular weight is 341 g/mol. The van der Waals surface area contributed by atoms with Gasteiger partial charge in [0.05, 0.1) is 0 Å². The van der Waals surface area contributed by atoms with E-state index in [9.17, 15) is 9.59 Å². The van der Waals surface area contributed by atoms with Gasteiger partial charge in [-0.1, -0.05) is 76.9 Å². The summed E-state index contributed by atoms with van der Waals surface area (Å²) < 4.78 is 0. The van der Waals surface area contributed by atoms with E-state index in [4.69, 9.17) is 10.2 Å². The molecule has 0 fully saturated rings. The Kier molecular flexibility index (Phi) is 15.6. The molecule has 0 amide bonds. The summed E-state index contributed by atoms with van der Waals surface area (Å²) in [6, 6.07) is 0. The zero-order valence-corrected chi connectivity index (χ0v) is 15.3. The Bertz CT molecular complexity index is 336. The fraction of sp³-hybridized carbons (Fsp3) is 0.800. The second-order valence-corrected chi connectivity index (χ2v) is 6.60. The minimum absolute atomic E-state index is 0.245. The third-order valence-electron chi connectivity index (χ3n) is 4.35. The second kappa shape index (κ2) is 16.5. The van der Waals surface area contributed by atoms with Crippen molar-refractivity contribution in [3.63, 3.8) is 0 Å². The summed E-state index contributed by atoms with van der Waals surface area (Å²) in [6.07, 6.45) is 20.1. The van der Waals surface area contributed by atoms with E-state index in [1.54, 1.807) is 0 Å². The summed E-state index contributed by atoms with van der Waals surface area (Å²) in [4.78, 5) is 21.5. The number of carboxylic acids is 2. The second-order valence-electron chi connectivity index (χ2n) is 6.60. The molecule has 0 radical (unpaired) electrons. The van der Waals surface area contributed by atoms with Crippen molar-refractivity contribution in [3.8, 4) is 0 Å². The maximum atomic E-state index is 10.7. The van der Waals surface area contributed by atoms with E-state index in [0.29, 0.717) is 6.42 Å². The van der Waals surface area contributed by atoms with Gasteiger partial charge in [-0.05, 0) is 32.1 Å². The molecule has 2 N–H and O–H groups in total. The van der Waals surface area contributed by atoms with Crippen molar-refractivity contribution in [1.82, 2.24) is 0 Å². The molecule has 0 aromatic rings. The molecule has 0 aromatic carbocycles. The number of rotatable bonds is 17. The van der Waals surface area contributed by atoms with E-state index in [2.05, 4.69) is 19.1 Å². The first-order valence-electron chi connectivity index (χ1n) is 9.70. The molecule has 140 valence electrons. The highest BCUT2D eigenvalue weighted by atomic mass is 16.4. The molecule has 0 rings (SSSR count). The molecule has 24 heavy (non-hydrogen) atoms. The van der Waals surface area contributed by atoms with Crippen molar-refractivity contribution >= 4 is 11.9 Å². The molecule has 0 aromatic heterocycles. The van der Waals surface area contributed by atoms with Gasteiger partial charge in [0, 0.05) is 0 Å². The predicted molar refractivity (Wildman–Crippen MR) is 98.2 cm³/mol. The van der Waals surface area contributed by atoms with Crippen LogP contribution >= 0.6 is 0 Å². The first-order chi connectivity index (χ1) is 11.6. The lowest BCUT2D eigenvalue weighted by atomic mass is 10.00. The van der Waals surface area contributed by atoms with E-state index >= 15 is 0 Å². The standard InChI is InChI=1S/C20H36O4/c1-2-3-4-5-6-7-8-9-10-11-12-13-14-15-16-17-18(19(21)22)20(23)24/h6-7,18H,2-5,8-17H2,1H3,(H,21,22)(H,23,24). The van der Waals surface area contributed by atoms with Crippen LogP contribution in [-0.2, 0) is 9.59 Å². The summed E-state index contributed by atoms with van der Waals surface area (Å²) >= 11 is 0. The zero-order chi connectivity index (χ0) is 18.0. The number of hydrogen-bond acceptors (Lipinski definition) is 2. The number of aliphatic carboxylic acids is 2. The molecule has 0 saturated carbocycles. The largest absolute Gasteiger partial charge is 0.481 e. The van der Waals surface area contributed by atoms with Crippen LogP contribution in [-0.4, -0.2) is 22.2 Å². The molecule has 0 spiro atoms. The number of allylic oxidation sites excluding steroid dienone is 2. The topological polar surface area (TPSA) is 74.6 Å². The van der Waals surface area contributed by atoms with Crippen LogP contribution in [0.2, 0.25) is 0 Å². The molecule has 0 saturated heterocycles. The molecule has 0 aliphatic rings. The first kappa shape index (κ1) is 22.7.